The van der Waals surface area contributed by atoms with Crippen LogP contribution in [-0.4, -0.2) is 17.5 Å². The molecule has 1 N–H and O–H groups in total. The van der Waals surface area contributed by atoms with Crippen LogP contribution in [0.15, 0.2) is 66.6 Å². The zero-order valence-electron chi connectivity index (χ0n) is 20.0. The number of ether oxygens (including phenoxy) is 1. The van der Waals surface area contributed by atoms with Crippen LogP contribution in [0.3, 0.4) is 0 Å². The number of nitro groups is 1. The van der Waals surface area contributed by atoms with Gasteiger partial charge in [-0.1, -0.05) is 48.4 Å². The molecule has 0 fully saturated rings. The first-order valence-corrected chi connectivity index (χ1v) is 8.99. The summed E-state index contributed by atoms with van der Waals surface area (Å²) in [5.74, 6) is -0.781. The molecular weight excluding hydrogens is 382 g/mol. The summed E-state index contributed by atoms with van der Waals surface area (Å²) in [6, 6.07) is 10.7. The number of nitrogens with one attached hydrogen (secondary N) is 1. The van der Waals surface area contributed by atoms with Gasteiger partial charge in [0.1, 0.15) is 5.69 Å². The highest BCUT2D eigenvalue weighted by atomic mass is 16.6. The van der Waals surface area contributed by atoms with Gasteiger partial charge in [0.05, 0.1) is 34.2 Å². The number of esters is 1. The molecule has 0 spiro atoms. The van der Waals surface area contributed by atoms with Crippen LogP contribution in [0, 0.1) is 21.4 Å². The Hall–Kier alpha value is -4.18. The number of hydrogen-bond acceptors (Lipinski definition) is 6. The Morgan fingerprint density at radius 2 is 1.93 bits per heavy atom. The van der Waals surface area contributed by atoms with E-state index in [4.69, 9.17) is 10.2 Å². The van der Waals surface area contributed by atoms with Crippen molar-refractivity contribution in [3.63, 3.8) is 0 Å². The van der Waals surface area contributed by atoms with E-state index in [0.29, 0.717) is 0 Å². The van der Waals surface area contributed by atoms with Crippen molar-refractivity contribution in [2.75, 3.05) is 11.9 Å². The van der Waals surface area contributed by atoms with Gasteiger partial charge in [-0.15, -0.1) is 0 Å². The maximum Gasteiger partial charge on any atom is 0.340 e. The average Bonchev–Trinajstić information content (AvgIpc) is 2.83. The number of benzene rings is 3. The molecule has 0 unspecified atom stereocenters. The zero-order chi connectivity index (χ0) is 25.0. The third-order valence-corrected chi connectivity index (χ3v) is 4.17. The summed E-state index contributed by atoms with van der Waals surface area (Å²) in [4.78, 5) is 23.2. The minimum absolute atomic E-state index is 0.0196. The van der Waals surface area contributed by atoms with Crippen molar-refractivity contribution in [2.45, 2.75) is 13.5 Å². The van der Waals surface area contributed by atoms with E-state index in [0.717, 1.165) is 0 Å². The summed E-state index contributed by atoms with van der Waals surface area (Å²) < 4.78 is 38.7. The molecule has 7 heteroatoms. The van der Waals surface area contributed by atoms with E-state index in [1.54, 1.807) is 25.1 Å². The van der Waals surface area contributed by atoms with E-state index in [2.05, 4.69) is 5.32 Å². The third-order valence-electron chi connectivity index (χ3n) is 4.17. The second-order valence-corrected chi connectivity index (χ2v) is 6.04. The Morgan fingerprint density at radius 3 is 2.60 bits per heavy atom. The fourth-order valence-corrected chi connectivity index (χ4v) is 2.79. The number of anilines is 1. The molecular formula is C23H19N3O4. The second kappa shape index (κ2) is 9.34. The molecule has 3 aromatic carbocycles. The molecule has 0 amide bonds. The van der Waals surface area contributed by atoms with Gasteiger partial charge in [0, 0.05) is 12.6 Å². The monoisotopic (exact) mass is 405 g/mol. The van der Waals surface area contributed by atoms with Crippen LogP contribution >= 0.6 is 0 Å². The van der Waals surface area contributed by atoms with Gasteiger partial charge in [-0.05, 0) is 35.7 Å². The highest BCUT2D eigenvalue weighted by Crippen LogP contribution is 2.30. The SMILES string of the molecule is [2H]c1c([2H])c(-c2ccccc2C#N)c([2H])c([2H])c1CNc1c(C(=O)OCC)cccc1[N+](=O)[O-]. The van der Waals surface area contributed by atoms with Crippen LogP contribution in [-0.2, 0) is 11.3 Å². The van der Waals surface area contributed by atoms with Crippen molar-refractivity contribution in [3.8, 4) is 17.2 Å². The number of nitriles is 1. The van der Waals surface area contributed by atoms with E-state index < -0.39 is 16.6 Å². The van der Waals surface area contributed by atoms with Crippen molar-refractivity contribution < 1.29 is 19.9 Å². The number of nitrogens with zero attached hydrogens (tertiary/aromatic N) is 2. The minimum Gasteiger partial charge on any atom is -0.462 e. The number of carbonyl (C=O) groups is 1. The van der Waals surface area contributed by atoms with Crippen molar-refractivity contribution in [1.29, 1.82) is 5.26 Å². The third kappa shape index (κ3) is 4.45. The quantitative estimate of drug-likeness (QED) is 0.340. The molecule has 0 heterocycles. The maximum absolute atomic E-state index is 12.3. The molecule has 3 rings (SSSR count). The van der Waals surface area contributed by atoms with Gasteiger partial charge in [-0.2, -0.15) is 5.26 Å². The summed E-state index contributed by atoms with van der Waals surface area (Å²) in [5, 5.41) is 23.6. The lowest BCUT2D eigenvalue weighted by molar-refractivity contribution is -0.384. The molecule has 30 heavy (non-hydrogen) atoms. The first-order valence-electron chi connectivity index (χ1n) is 11.0. The van der Waals surface area contributed by atoms with Gasteiger partial charge in [-0.25, -0.2) is 4.79 Å². The van der Waals surface area contributed by atoms with E-state index in [-0.39, 0.29) is 70.8 Å². The van der Waals surface area contributed by atoms with Crippen LogP contribution in [0.2, 0.25) is 0 Å². The van der Waals surface area contributed by atoms with Gasteiger partial charge < -0.3 is 10.1 Å². The summed E-state index contributed by atoms with van der Waals surface area (Å²) in [7, 11) is 0. The molecule has 0 aliphatic rings. The summed E-state index contributed by atoms with van der Waals surface area (Å²) in [6.45, 7) is 1.33. The Bertz CT molecular complexity index is 1310. The first-order chi connectivity index (χ1) is 16.2. The van der Waals surface area contributed by atoms with Gasteiger partial charge in [0.25, 0.3) is 5.69 Å². The molecule has 0 bridgehead atoms. The Balaban J connectivity index is 2.09. The normalized spacial score (nSPS) is 12.0. The number of para-hydroxylation sites is 1. The van der Waals surface area contributed by atoms with Crippen LogP contribution in [0.5, 0.6) is 0 Å². The predicted molar refractivity (Wildman–Crippen MR) is 113 cm³/mol. The highest BCUT2D eigenvalue weighted by molar-refractivity contribution is 5.98. The zero-order valence-corrected chi connectivity index (χ0v) is 16.0. The molecule has 0 atom stereocenters. The lowest BCUT2D eigenvalue weighted by Crippen LogP contribution is -2.11. The minimum atomic E-state index is -0.781. The Labute approximate surface area is 179 Å². The van der Waals surface area contributed by atoms with Crippen LogP contribution < -0.4 is 5.32 Å². The lowest BCUT2D eigenvalue weighted by atomic mass is 9.99. The fraction of sp³-hybridized carbons (Fsp3) is 0.130. The molecule has 0 saturated heterocycles. The molecule has 3 aromatic rings. The van der Waals surface area contributed by atoms with Gasteiger partial charge in [-0.3, -0.25) is 10.1 Å². The van der Waals surface area contributed by atoms with Gasteiger partial charge in [0.2, 0.25) is 0 Å². The Kier molecular flexibility index (Phi) is 4.89. The van der Waals surface area contributed by atoms with Gasteiger partial charge >= 0.3 is 5.97 Å². The lowest BCUT2D eigenvalue weighted by Gasteiger charge is -2.12. The molecule has 0 aliphatic carbocycles. The topological polar surface area (TPSA) is 105 Å². The van der Waals surface area contributed by atoms with E-state index >= 15 is 0 Å². The predicted octanol–water partition coefficient (Wildman–Crippen LogP) is 4.92. The molecule has 0 aliphatic heterocycles. The summed E-state index contributed by atoms with van der Waals surface area (Å²) >= 11 is 0. The molecule has 7 nitrogen and oxygen atoms in total. The van der Waals surface area contributed by atoms with Crippen LogP contribution in [0.1, 0.15) is 33.9 Å². The molecule has 0 saturated carbocycles. The number of hydrogen-bond donors (Lipinski definition) is 1. The van der Waals surface area contributed by atoms with Crippen molar-refractivity contribution in [2.24, 2.45) is 0 Å². The first kappa shape index (κ1) is 15.7. The highest BCUT2D eigenvalue weighted by Gasteiger charge is 2.22. The van der Waals surface area contributed by atoms with Gasteiger partial charge in [0.15, 0.2) is 0 Å². The van der Waals surface area contributed by atoms with E-state index in [9.17, 15) is 20.2 Å². The number of rotatable bonds is 7. The Morgan fingerprint density at radius 1 is 1.20 bits per heavy atom. The van der Waals surface area contributed by atoms with Crippen LogP contribution in [0.25, 0.3) is 11.1 Å². The number of nitro benzene ring substituents is 1. The average molecular weight is 405 g/mol. The largest absolute Gasteiger partial charge is 0.462 e. The standard InChI is InChI=1S/C23H19N3O4/c1-2-30-23(27)20-8-5-9-21(26(28)29)22(20)25-15-16-10-12-17(13-11-16)19-7-4-3-6-18(19)14-24/h3-13,25H,2,15H2,1H3/i10D,11D,12D,13D. The fourth-order valence-electron chi connectivity index (χ4n) is 2.79. The van der Waals surface area contributed by atoms with Crippen LogP contribution in [0.4, 0.5) is 11.4 Å². The number of carbonyl (C=O) groups excluding carboxylic acids is 1. The summed E-state index contributed by atoms with van der Waals surface area (Å²) in [6.07, 6.45) is 0. The van der Waals surface area contributed by atoms with Crippen molar-refractivity contribution >= 4 is 17.3 Å². The maximum atomic E-state index is 12.3. The molecule has 0 radical (unpaired) electrons. The van der Waals surface area contributed by atoms with E-state index in [1.807, 2.05) is 6.07 Å². The summed E-state index contributed by atoms with van der Waals surface area (Å²) in [5.41, 5.74) is -0.249. The van der Waals surface area contributed by atoms with Crippen molar-refractivity contribution in [3.05, 3.63) is 93.4 Å². The van der Waals surface area contributed by atoms with Crippen molar-refractivity contribution in [1.82, 2.24) is 0 Å². The molecule has 0 aromatic heterocycles. The smallest absolute Gasteiger partial charge is 0.340 e. The molecule has 150 valence electrons. The second-order valence-electron chi connectivity index (χ2n) is 6.04. The van der Waals surface area contributed by atoms with E-state index in [1.165, 1.54) is 24.3 Å².